The van der Waals surface area contributed by atoms with Crippen molar-refractivity contribution >= 4 is 51.0 Å². The number of phenolic OH excluding ortho intramolecular Hbond substituents is 18. The fourth-order valence-electron chi connectivity index (χ4n) is 4.89. The van der Waals surface area contributed by atoms with Gasteiger partial charge in [0.2, 0.25) is 0 Å². The minimum atomic E-state index is -4.27. The molecule has 387 valence electrons. The van der Waals surface area contributed by atoms with Gasteiger partial charge in [-0.25, -0.2) is 28.8 Å². The molecule has 1 radical (unpaired) electrons. The smallest absolute Gasteiger partial charge is 0.547 e. The van der Waals surface area contributed by atoms with Crippen molar-refractivity contribution < 1.29 is 180 Å². The molecule has 0 saturated carbocycles. The molecule has 0 unspecified atom stereocenters. The molecular weight excluding hydrogens is 1100 g/mol. The molecule has 0 spiro atoms. The van der Waals surface area contributed by atoms with Gasteiger partial charge >= 0.3 is 51.0 Å². The van der Waals surface area contributed by atoms with Gasteiger partial charge in [0, 0.05) is 32.7 Å². The summed E-state index contributed by atoms with van der Waals surface area (Å²) in [6, 6.07) is 9.06. The van der Waals surface area contributed by atoms with Crippen LogP contribution in [0.2, 0.25) is 0 Å². The molecule has 0 aliphatic heterocycles. The molecule has 74 heavy (non-hydrogen) atoms. The zero-order chi connectivity index (χ0) is 55.5. The van der Waals surface area contributed by atoms with Crippen molar-refractivity contribution in [3.8, 4) is 103 Å². The molecule has 0 saturated heterocycles. The van der Waals surface area contributed by atoms with Crippen LogP contribution in [0.25, 0.3) is 0 Å². The number of benzene rings is 6. The second kappa shape index (κ2) is 25.3. The van der Waals surface area contributed by atoms with E-state index >= 15 is 0 Å². The molecule has 0 aromatic heterocycles. The standard InChI is InChI=1S/6C7H6O5.Al.Y/c6*8-4-1-3(7(11)12)2-5(9)6(4)10;;/h6*1-2,8-10H,(H,11,12);;/q;;;;;;+3;/p-3. The van der Waals surface area contributed by atoms with Crippen molar-refractivity contribution in [2.75, 3.05) is 0 Å². The average molecular weight is 1130 g/mol. The molecule has 21 N–H and O–H groups in total. The number of carbonyl (C=O) groups is 6. The number of carboxylic acid groups (broad SMARTS) is 3. The summed E-state index contributed by atoms with van der Waals surface area (Å²) in [5, 5.41) is 191. The molecule has 0 amide bonds. The Bertz CT molecular complexity index is 2690. The molecule has 0 bridgehead atoms. The van der Waals surface area contributed by atoms with Crippen LogP contribution < -0.4 is 0 Å². The Morgan fingerprint density at radius 1 is 0.257 bits per heavy atom. The Labute approximate surface area is 438 Å². The molecule has 0 fully saturated rings. The van der Waals surface area contributed by atoms with E-state index in [4.69, 9.17) is 72.6 Å². The van der Waals surface area contributed by atoms with Crippen LogP contribution in [0.5, 0.6) is 103 Å². The fraction of sp³-hybridized carbons (Fsp3) is 0. The van der Waals surface area contributed by atoms with Crippen LogP contribution in [-0.4, -0.2) is 158 Å². The Hall–Kier alpha value is -9.82. The van der Waals surface area contributed by atoms with Gasteiger partial charge in [0.05, 0.1) is 33.4 Å². The van der Waals surface area contributed by atoms with Crippen molar-refractivity contribution in [1.29, 1.82) is 0 Å². The van der Waals surface area contributed by atoms with Crippen LogP contribution in [-0.2, 0) is 44.1 Å². The van der Waals surface area contributed by atoms with E-state index in [1.165, 1.54) is 0 Å². The first kappa shape index (κ1) is 60.3. The largest absolute Gasteiger partial charge is 1.20 e. The number of aromatic hydroxyl groups is 18. The third-order valence-electron chi connectivity index (χ3n) is 8.48. The Balaban J connectivity index is 0.000000409. The predicted octanol–water partition coefficient (Wildman–Crippen LogP) is 2.40. The molecule has 30 nitrogen and oxygen atoms in total. The predicted molar refractivity (Wildman–Crippen MR) is 231 cm³/mol. The van der Waals surface area contributed by atoms with Gasteiger partial charge in [-0.3, -0.25) is 0 Å². The third kappa shape index (κ3) is 15.6. The normalized spacial score (nSPS) is 9.89. The first-order valence-electron chi connectivity index (χ1n) is 18.7. The van der Waals surface area contributed by atoms with Crippen molar-refractivity contribution in [2.45, 2.75) is 0 Å². The molecule has 6 aromatic rings. The van der Waals surface area contributed by atoms with Gasteiger partial charge in [-0.05, 0) is 72.8 Å². The molecule has 0 heterocycles. The molecule has 0 aliphatic carbocycles. The van der Waals surface area contributed by atoms with Crippen LogP contribution in [0.15, 0.2) is 72.8 Å². The van der Waals surface area contributed by atoms with Crippen LogP contribution in [0.1, 0.15) is 62.1 Å². The SMILES string of the molecule is O=C(O)c1cc(O)c(O)c(O)c1.O=C(O)c1cc(O)c(O)c(O)c1.O=C(O)c1cc(O)c(O)c(O)c1.O=C([O][Al]([O]C(=O)c1cc(O)c(O)c(O)c1)[O]C(=O)c1cc(O)c(O)c(O)c1)c1cc(O)c(O)c(O)c1.[Y]. The quantitative estimate of drug-likeness (QED) is 0.0730. The summed E-state index contributed by atoms with van der Waals surface area (Å²) in [5.41, 5.74) is -2.62. The van der Waals surface area contributed by atoms with Crippen LogP contribution in [0.4, 0.5) is 0 Å². The van der Waals surface area contributed by atoms with Gasteiger partial charge in [0.25, 0.3) is 0 Å². The van der Waals surface area contributed by atoms with Crippen molar-refractivity contribution in [3.05, 3.63) is 106 Å². The maximum atomic E-state index is 12.5. The molecule has 32 heteroatoms. The van der Waals surface area contributed by atoms with E-state index in [9.17, 15) is 74.7 Å². The zero-order valence-electron chi connectivity index (χ0n) is 36.1. The van der Waals surface area contributed by atoms with Gasteiger partial charge in [-0.2, -0.15) is 0 Å². The van der Waals surface area contributed by atoms with E-state index in [1.54, 1.807) is 0 Å². The second-order valence-electron chi connectivity index (χ2n) is 13.6. The van der Waals surface area contributed by atoms with Crippen molar-refractivity contribution in [1.82, 2.24) is 0 Å². The molecular formula is C42H33AlO30Y. The van der Waals surface area contributed by atoms with Gasteiger partial charge in [-0.15, -0.1) is 0 Å². The van der Waals surface area contributed by atoms with Gasteiger partial charge in [0.1, 0.15) is 0 Å². The molecule has 6 aromatic carbocycles. The van der Waals surface area contributed by atoms with Crippen molar-refractivity contribution in [2.24, 2.45) is 0 Å². The van der Waals surface area contributed by atoms with Crippen LogP contribution in [0, 0.1) is 0 Å². The van der Waals surface area contributed by atoms with Crippen LogP contribution in [0.3, 0.4) is 0 Å². The second-order valence-corrected chi connectivity index (χ2v) is 14.9. The average Bonchev–Trinajstić information content (AvgIpc) is 3.31. The number of hydrogen-bond acceptors (Lipinski definition) is 27. The van der Waals surface area contributed by atoms with E-state index in [0.717, 1.165) is 36.4 Å². The van der Waals surface area contributed by atoms with Gasteiger partial charge in [-0.1, -0.05) is 0 Å². The Kier molecular flexibility index (Phi) is 20.6. The fourth-order valence-corrected chi connectivity index (χ4v) is 5.96. The van der Waals surface area contributed by atoms with Crippen molar-refractivity contribution in [3.63, 3.8) is 0 Å². The Morgan fingerprint density at radius 3 is 0.500 bits per heavy atom. The number of phenols is 18. The van der Waals surface area contributed by atoms with E-state index in [-0.39, 0.29) is 49.4 Å². The summed E-state index contributed by atoms with van der Waals surface area (Å²) in [5.74, 6) is -22.7. The number of rotatable bonds is 9. The summed E-state index contributed by atoms with van der Waals surface area (Å²) in [6.07, 6.45) is 0. The first-order chi connectivity index (χ1) is 33.8. The number of carbonyl (C=O) groups excluding carboxylic acids is 3. The van der Waals surface area contributed by atoms with Gasteiger partial charge < -0.3 is 119 Å². The summed E-state index contributed by atoms with van der Waals surface area (Å²) in [7, 11) is 0. The third-order valence-corrected chi connectivity index (χ3v) is 9.70. The zero-order valence-corrected chi connectivity index (χ0v) is 40.1. The summed E-state index contributed by atoms with van der Waals surface area (Å²) in [6.45, 7) is 0. The van der Waals surface area contributed by atoms with E-state index in [2.05, 4.69) is 0 Å². The number of hydrogen-bond donors (Lipinski definition) is 21. The number of carboxylic acids is 3. The topological polar surface area (TPSA) is 555 Å². The van der Waals surface area contributed by atoms with E-state index < -0.39 is 171 Å². The minimum absolute atomic E-state index is 0. The monoisotopic (exact) mass is 1130 g/mol. The van der Waals surface area contributed by atoms with E-state index in [0.29, 0.717) is 36.4 Å². The molecule has 0 aliphatic rings. The summed E-state index contributed by atoms with van der Waals surface area (Å²) < 4.78 is 14.7. The molecule has 6 rings (SSSR count). The number of aromatic carboxylic acids is 3. The Morgan fingerprint density at radius 2 is 0.378 bits per heavy atom. The maximum Gasteiger partial charge on any atom is 1.20 e. The summed E-state index contributed by atoms with van der Waals surface area (Å²) in [4.78, 5) is 68.5. The molecule has 0 atom stereocenters. The summed E-state index contributed by atoms with van der Waals surface area (Å²) >= 11 is -4.27. The van der Waals surface area contributed by atoms with Crippen LogP contribution >= 0.6 is 0 Å². The maximum absolute atomic E-state index is 12.5. The minimum Gasteiger partial charge on any atom is -0.547 e. The van der Waals surface area contributed by atoms with E-state index in [1.807, 2.05) is 0 Å². The van der Waals surface area contributed by atoms with Gasteiger partial charge in [0.15, 0.2) is 103 Å². The first-order valence-corrected chi connectivity index (χ1v) is 20.1.